The first-order chi connectivity index (χ1) is 12.3. The Bertz CT molecular complexity index is 854. The Kier molecular flexibility index (Phi) is 7.16. The van der Waals surface area contributed by atoms with E-state index in [2.05, 4.69) is 10.6 Å². The third-order valence-corrected chi connectivity index (χ3v) is 5.07. The SMILES string of the molecule is CC(NCC(=O)NCCc1ccc(S(N)(=O)=O)cc1)c1cccc(Cl)c1. The zero-order valence-electron chi connectivity index (χ0n) is 14.4. The van der Waals surface area contributed by atoms with Crippen LogP contribution in [0.3, 0.4) is 0 Å². The zero-order valence-corrected chi connectivity index (χ0v) is 16.0. The summed E-state index contributed by atoms with van der Waals surface area (Å²) in [6, 6.07) is 13.8. The van der Waals surface area contributed by atoms with Gasteiger partial charge in [-0.25, -0.2) is 13.6 Å². The number of benzene rings is 2. The molecule has 2 aromatic carbocycles. The molecule has 0 aliphatic rings. The molecule has 1 atom stereocenters. The normalized spacial score (nSPS) is 12.6. The van der Waals surface area contributed by atoms with Gasteiger partial charge >= 0.3 is 0 Å². The van der Waals surface area contributed by atoms with Crippen molar-refractivity contribution in [3.8, 4) is 0 Å². The Morgan fingerprint density at radius 3 is 2.50 bits per heavy atom. The summed E-state index contributed by atoms with van der Waals surface area (Å²) in [7, 11) is -3.68. The first-order valence-electron chi connectivity index (χ1n) is 8.13. The molecule has 26 heavy (non-hydrogen) atoms. The van der Waals surface area contributed by atoms with Crippen molar-refractivity contribution in [2.45, 2.75) is 24.3 Å². The average molecular weight is 396 g/mol. The van der Waals surface area contributed by atoms with E-state index >= 15 is 0 Å². The molecule has 1 unspecified atom stereocenters. The maximum Gasteiger partial charge on any atom is 0.238 e. The molecule has 0 heterocycles. The van der Waals surface area contributed by atoms with Crippen LogP contribution in [0.1, 0.15) is 24.1 Å². The van der Waals surface area contributed by atoms with Gasteiger partial charge in [-0.3, -0.25) is 4.79 Å². The van der Waals surface area contributed by atoms with Crippen LogP contribution in [0.25, 0.3) is 0 Å². The molecule has 0 aliphatic heterocycles. The van der Waals surface area contributed by atoms with E-state index in [4.69, 9.17) is 16.7 Å². The minimum atomic E-state index is -3.68. The molecule has 0 fully saturated rings. The van der Waals surface area contributed by atoms with Crippen molar-refractivity contribution in [1.82, 2.24) is 10.6 Å². The molecule has 0 saturated carbocycles. The molecule has 2 rings (SSSR count). The van der Waals surface area contributed by atoms with E-state index in [0.29, 0.717) is 18.0 Å². The highest BCUT2D eigenvalue weighted by Crippen LogP contribution is 2.16. The third-order valence-electron chi connectivity index (χ3n) is 3.91. The highest BCUT2D eigenvalue weighted by atomic mass is 35.5. The van der Waals surface area contributed by atoms with Gasteiger partial charge in [0, 0.05) is 17.6 Å². The van der Waals surface area contributed by atoms with Crippen molar-refractivity contribution in [1.29, 1.82) is 0 Å². The van der Waals surface area contributed by atoms with Gasteiger partial charge in [-0.2, -0.15) is 0 Å². The molecule has 4 N–H and O–H groups in total. The van der Waals surface area contributed by atoms with Crippen LogP contribution < -0.4 is 15.8 Å². The van der Waals surface area contributed by atoms with Gasteiger partial charge in [0.25, 0.3) is 0 Å². The molecule has 0 aliphatic carbocycles. The summed E-state index contributed by atoms with van der Waals surface area (Å²) in [5.74, 6) is -0.111. The van der Waals surface area contributed by atoms with Crippen molar-refractivity contribution >= 4 is 27.5 Å². The van der Waals surface area contributed by atoms with Gasteiger partial charge in [0.1, 0.15) is 0 Å². The monoisotopic (exact) mass is 395 g/mol. The van der Waals surface area contributed by atoms with Crippen LogP contribution in [-0.4, -0.2) is 27.4 Å². The number of nitrogens with two attached hydrogens (primary N) is 1. The number of hydrogen-bond acceptors (Lipinski definition) is 4. The number of rotatable bonds is 8. The fourth-order valence-corrected chi connectivity index (χ4v) is 3.11. The number of nitrogens with one attached hydrogen (secondary N) is 2. The second-order valence-electron chi connectivity index (χ2n) is 5.95. The zero-order chi connectivity index (χ0) is 19.2. The lowest BCUT2D eigenvalue weighted by molar-refractivity contribution is -0.120. The van der Waals surface area contributed by atoms with E-state index in [9.17, 15) is 13.2 Å². The Balaban J connectivity index is 1.73. The molecule has 6 nitrogen and oxygen atoms in total. The molecule has 0 aromatic heterocycles. The highest BCUT2D eigenvalue weighted by molar-refractivity contribution is 7.89. The molecule has 0 saturated heterocycles. The molecular weight excluding hydrogens is 374 g/mol. The first-order valence-corrected chi connectivity index (χ1v) is 10.1. The lowest BCUT2D eigenvalue weighted by Gasteiger charge is -2.14. The second kappa shape index (κ2) is 9.14. The lowest BCUT2D eigenvalue weighted by atomic mass is 10.1. The Labute approximate surface area is 158 Å². The van der Waals surface area contributed by atoms with Gasteiger partial charge < -0.3 is 10.6 Å². The summed E-state index contributed by atoms with van der Waals surface area (Å²) in [5.41, 5.74) is 1.93. The summed E-state index contributed by atoms with van der Waals surface area (Å²) in [5, 5.41) is 11.7. The number of sulfonamides is 1. The van der Waals surface area contributed by atoms with Crippen LogP contribution in [0.2, 0.25) is 5.02 Å². The second-order valence-corrected chi connectivity index (χ2v) is 7.94. The highest BCUT2D eigenvalue weighted by Gasteiger charge is 2.09. The van der Waals surface area contributed by atoms with Crippen LogP contribution in [-0.2, 0) is 21.2 Å². The topological polar surface area (TPSA) is 101 Å². The summed E-state index contributed by atoms with van der Waals surface area (Å²) in [6.45, 7) is 2.62. The van der Waals surface area contributed by atoms with Crippen LogP contribution in [0.5, 0.6) is 0 Å². The number of halogens is 1. The summed E-state index contributed by atoms with van der Waals surface area (Å²) < 4.78 is 22.4. The van der Waals surface area contributed by atoms with Crippen LogP contribution >= 0.6 is 11.6 Å². The fraction of sp³-hybridized carbons (Fsp3) is 0.278. The third kappa shape index (κ3) is 6.42. The van der Waals surface area contributed by atoms with Gasteiger partial charge in [-0.15, -0.1) is 0 Å². The molecule has 0 spiro atoms. The van der Waals surface area contributed by atoms with Crippen LogP contribution in [0, 0.1) is 0 Å². The predicted molar refractivity (Wildman–Crippen MR) is 102 cm³/mol. The fourth-order valence-electron chi connectivity index (χ4n) is 2.39. The molecule has 0 bridgehead atoms. The average Bonchev–Trinajstić information content (AvgIpc) is 2.59. The van der Waals surface area contributed by atoms with Crippen molar-refractivity contribution in [2.75, 3.05) is 13.1 Å². The van der Waals surface area contributed by atoms with Crippen LogP contribution in [0.15, 0.2) is 53.4 Å². The van der Waals surface area contributed by atoms with Crippen molar-refractivity contribution in [3.05, 3.63) is 64.7 Å². The summed E-state index contributed by atoms with van der Waals surface area (Å²) in [4.78, 5) is 12.0. The predicted octanol–water partition coefficient (Wildman–Crippen LogP) is 2.00. The van der Waals surface area contributed by atoms with Crippen molar-refractivity contribution < 1.29 is 13.2 Å². The number of carbonyl (C=O) groups is 1. The maximum absolute atomic E-state index is 11.9. The van der Waals surface area contributed by atoms with Gasteiger partial charge in [-0.1, -0.05) is 35.9 Å². The molecule has 1 amide bonds. The minimum absolute atomic E-state index is 0.00482. The van der Waals surface area contributed by atoms with Gasteiger partial charge in [0.15, 0.2) is 0 Å². The summed E-state index contributed by atoms with van der Waals surface area (Å²) in [6.07, 6.45) is 0.598. The molecule has 0 radical (unpaired) electrons. The van der Waals surface area contributed by atoms with E-state index in [1.807, 2.05) is 25.1 Å². The van der Waals surface area contributed by atoms with E-state index in [0.717, 1.165) is 11.1 Å². The van der Waals surface area contributed by atoms with Gasteiger partial charge in [0.2, 0.25) is 15.9 Å². The molecule has 140 valence electrons. The van der Waals surface area contributed by atoms with E-state index < -0.39 is 10.0 Å². The minimum Gasteiger partial charge on any atom is -0.355 e. The number of primary sulfonamides is 1. The molecule has 8 heteroatoms. The Hall–Kier alpha value is -1.93. The lowest BCUT2D eigenvalue weighted by Crippen LogP contribution is -2.36. The molecular formula is C18H22ClN3O3S. The maximum atomic E-state index is 11.9. The van der Waals surface area contributed by atoms with E-state index in [-0.39, 0.29) is 23.4 Å². The largest absolute Gasteiger partial charge is 0.355 e. The van der Waals surface area contributed by atoms with E-state index in [1.54, 1.807) is 18.2 Å². The smallest absolute Gasteiger partial charge is 0.238 e. The van der Waals surface area contributed by atoms with Crippen molar-refractivity contribution in [3.63, 3.8) is 0 Å². The first kappa shape index (κ1) is 20.4. The van der Waals surface area contributed by atoms with Crippen molar-refractivity contribution in [2.24, 2.45) is 5.14 Å². The van der Waals surface area contributed by atoms with Gasteiger partial charge in [0.05, 0.1) is 11.4 Å². The number of hydrogen-bond donors (Lipinski definition) is 3. The Morgan fingerprint density at radius 2 is 1.88 bits per heavy atom. The number of amides is 1. The standard InChI is InChI=1S/C18H22ClN3O3S/c1-13(15-3-2-4-16(19)11-15)22-12-18(23)21-10-9-14-5-7-17(8-6-14)26(20,24)25/h2-8,11,13,22H,9-10,12H2,1H3,(H,21,23)(H2,20,24,25). The van der Waals surface area contributed by atoms with Crippen LogP contribution in [0.4, 0.5) is 0 Å². The van der Waals surface area contributed by atoms with Gasteiger partial charge in [-0.05, 0) is 48.7 Å². The Morgan fingerprint density at radius 1 is 1.19 bits per heavy atom. The molecule has 2 aromatic rings. The number of carbonyl (C=O) groups excluding carboxylic acids is 1. The van der Waals surface area contributed by atoms with E-state index in [1.165, 1.54) is 12.1 Å². The summed E-state index contributed by atoms with van der Waals surface area (Å²) >= 11 is 5.97. The quantitative estimate of drug-likeness (QED) is 0.636.